The molecule has 21 heavy (non-hydrogen) atoms. The third kappa shape index (κ3) is 3.32. The summed E-state index contributed by atoms with van der Waals surface area (Å²) in [5.41, 5.74) is 8.89. The Hall–Kier alpha value is -1.27. The van der Waals surface area contributed by atoms with E-state index in [2.05, 4.69) is 28.9 Å². The fraction of sp³-hybridized carbons (Fsp3) is 0.667. The van der Waals surface area contributed by atoms with Gasteiger partial charge in [-0.05, 0) is 37.2 Å². The minimum atomic E-state index is -0.141. The van der Waals surface area contributed by atoms with Gasteiger partial charge < -0.3 is 15.7 Å². The van der Waals surface area contributed by atoms with Gasteiger partial charge in [-0.3, -0.25) is 0 Å². The largest absolute Gasteiger partial charge is 0.393 e. The predicted octanol–water partition coefficient (Wildman–Crippen LogP) is 1.44. The summed E-state index contributed by atoms with van der Waals surface area (Å²) in [6, 6.07) is 0. The number of aliphatic hydroxyl groups is 1. The van der Waals surface area contributed by atoms with Crippen LogP contribution in [0.1, 0.15) is 43.5 Å². The number of aliphatic hydroxyl groups excluding tert-OH is 1. The molecule has 6 heteroatoms. The first kappa shape index (κ1) is 16.1. The van der Waals surface area contributed by atoms with E-state index in [9.17, 15) is 5.11 Å². The number of thiocarbonyl (C=S) groups is 1. The van der Waals surface area contributed by atoms with Gasteiger partial charge in [-0.1, -0.05) is 26.1 Å². The number of hydrogen-bond acceptors (Lipinski definition) is 5. The van der Waals surface area contributed by atoms with Crippen molar-refractivity contribution in [3.63, 3.8) is 0 Å². The monoisotopic (exact) mass is 308 g/mol. The molecular formula is C15H24N4OS. The van der Waals surface area contributed by atoms with Crippen molar-refractivity contribution in [2.45, 2.75) is 45.6 Å². The van der Waals surface area contributed by atoms with Crippen LogP contribution in [0.4, 0.5) is 5.82 Å². The highest BCUT2D eigenvalue weighted by Gasteiger charge is 2.29. The first-order valence-corrected chi connectivity index (χ1v) is 7.96. The van der Waals surface area contributed by atoms with E-state index in [0.717, 1.165) is 54.9 Å². The average Bonchev–Trinajstić information content (AvgIpc) is 2.43. The van der Waals surface area contributed by atoms with Crippen molar-refractivity contribution in [1.82, 2.24) is 10.2 Å². The van der Waals surface area contributed by atoms with Gasteiger partial charge in [0.1, 0.15) is 4.99 Å². The first-order valence-electron chi connectivity index (χ1n) is 7.55. The van der Waals surface area contributed by atoms with E-state index in [0.29, 0.717) is 10.9 Å². The van der Waals surface area contributed by atoms with Crippen LogP contribution in [0.2, 0.25) is 0 Å². The van der Waals surface area contributed by atoms with Crippen molar-refractivity contribution in [2.24, 2.45) is 11.7 Å². The third-order valence-electron chi connectivity index (χ3n) is 4.18. The van der Waals surface area contributed by atoms with Gasteiger partial charge in [0, 0.05) is 13.6 Å². The molecule has 1 aliphatic carbocycles. The smallest absolute Gasteiger partial charge is 0.161 e. The van der Waals surface area contributed by atoms with Gasteiger partial charge in [0.05, 0.1) is 17.4 Å². The van der Waals surface area contributed by atoms with Gasteiger partial charge in [-0.25, -0.2) is 0 Å². The molecule has 1 saturated carbocycles. The fourth-order valence-electron chi connectivity index (χ4n) is 3.01. The van der Waals surface area contributed by atoms with E-state index in [4.69, 9.17) is 18.0 Å². The fourth-order valence-corrected chi connectivity index (χ4v) is 3.23. The molecule has 2 rings (SSSR count). The highest BCUT2D eigenvalue weighted by atomic mass is 32.1. The van der Waals surface area contributed by atoms with E-state index in [1.165, 1.54) is 0 Å². The average molecular weight is 308 g/mol. The van der Waals surface area contributed by atoms with Crippen LogP contribution in [-0.4, -0.2) is 40.0 Å². The number of hydrogen-bond donors (Lipinski definition) is 2. The van der Waals surface area contributed by atoms with E-state index in [-0.39, 0.29) is 6.10 Å². The maximum Gasteiger partial charge on any atom is 0.161 e. The van der Waals surface area contributed by atoms with Crippen LogP contribution in [0.15, 0.2) is 0 Å². The Labute approximate surface area is 131 Å². The lowest BCUT2D eigenvalue weighted by atomic mass is 9.82. The molecule has 0 aromatic carbocycles. The summed E-state index contributed by atoms with van der Waals surface area (Å²) in [6.07, 6.45) is 3.24. The van der Waals surface area contributed by atoms with Crippen LogP contribution < -0.4 is 10.6 Å². The summed E-state index contributed by atoms with van der Waals surface area (Å²) in [4.78, 5) is 2.45. The van der Waals surface area contributed by atoms with Gasteiger partial charge in [-0.15, -0.1) is 5.10 Å². The van der Waals surface area contributed by atoms with Crippen LogP contribution in [0.25, 0.3) is 0 Å². The van der Waals surface area contributed by atoms with E-state index >= 15 is 0 Å². The second-order valence-electron chi connectivity index (χ2n) is 5.77. The Kier molecular flexibility index (Phi) is 5.11. The molecule has 0 amide bonds. The van der Waals surface area contributed by atoms with Crippen LogP contribution >= 0.6 is 12.2 Å². The molecule has 0 bridgehead atoms. The van der Waals surface area contributed by atoms with Gasteiger partial charge in [-0.2, -0.15) is 5.10 Å². The van der Waals surface area contributed by atoms with E-state index in [1.807, 2.05) is 7.05 Å². The van der Waals surface area contributed by atoms with Crippen LogP contribution in [-0.2, 0) is 12.8 Å². The summed E-state index contributed by atoms with van der Waals surface area (Å²) < 4.78 is 0. The van der Waals surface area contributed by atoms with Crippen molar-refractivity contribution in [1.29, 1.82) is 0 Å². The molecule has 116 valence electrons. The van der Waals surface area contributed by atoms with Crippen LogP contribution in [0.5, 0.6) is 0 Å². The molecule has 0 saturated heterocycles. The molecule has 0 radical (unpaired) electrons. The molecule has 5 nitrogen and oxygen atoms in total. The molecule has 1 aromatic heterocycles. The zero-order valence-corrected chi connectivity index (χ0v) is 13.8. The standard InChI is InChI=1S/C15H24N4OS/c1-4-11-12(5-2)17-18-15(13(11)14(16)21)19(3)8-9-6-10(20)7-9/h9-10,20H,4-8H2,1-3H3,(H2,16,21). The molecule has 1 heterocycles. The predicted molar refractivity (Wildman–Crippen MR) is 88.7 cm³/mol. The minimum Gasteiger partial charge on any atom is -0.393 e. The molecule has 0 spiro atoms. The second-order valence-corrected chi connectivity index (χ2v) is 6.21. The summed E-state index contributed by atoms with van der Waals surface area (Å²) in [6.45, 7) is 4.99. The Balaban J connectivity index is 2.31. The van der Waals surface area contributed by atoms with Crippen molar-refractivity contribution in [3.05, 3.63) is 16.8 Å². The highest BCUT2D eigenvalue weighted by molar-refractivity contribution is 7.80. The summed E-state index contributed by atoms with van der Waals surface area (Å²) in [5, 5.41) is 18.1. The quantitative estimate of drug-likeness (QED) is 0.775. The van der Waals surface area contributed by atoms with Gasteiger partial charge >= 0.3 is 0 Å². The lowest BCUT2D eigenvalue weighted by Gasteiger charge is -2.35. The van der Waals surface area contributed by atoms with Crippen molar-refractivity contribution in [3.8, 4) is 0 Å². The number of nitrogens with zero attached hydrogens (tertiary/aromatic N) is 3. The van der Waals surface area contributed by atoms with Gasteiger partial charge in [0.2, 0.25) is 0 Å². The molecule has 1 fully saturated rings. The zero-order valence-electron chi connectivity index (χ0n) is 13.0. The molecule has 1 aromatic rings. The molecular weight excluding hydrogens is 284 g/mol. The highest BCUT2D eigenvalue weighted by Crippen LogP contribution is 2.30. The Morgan fingerprint density at radius 3 is 2.48 bits per heavy atom. The number of anilines is 1. The zero-order chi connectivity index (χ0) is 15.6. The van der Waals surface area contributed by atoms with Crippen LogP contribution in [0, 0.1) is 5.92 Å². The Morgan fingerprint density at radius 1 is 1.33 bits per heavy atom. The van der Waals surface area contributed by atoms with Gasteiger partial charge in [0.15, 0.2) is 5.82 Å². The molecule has 0 atom stereocenters. The van der Waals surface area contributed by atoms with Crippen molar-refractivity contribution < 1.29 is 5.11 Å². The maximum atomic E-state index is 9.41. The SMILES string of the molecule is CCc1nnc(N(C)CC2CC(O)C2)c(C(N)=S)c1CC. The maximum absolute atomic E-state index is 9.41. The number of nitrogens with two attached hydrogens (primary N) is 1. The molecule has 3 N–H and O–H groups in total. The molecule has 0 unspecified atom stereocenters. The minimum absolute atomic E-state index is 0.141. The summed E-state index contributed by atoms with van der Waals surface area (Å²) >= 11 is 5.25. The van der Waals surface area contributed by atoms with Gasteiger partial charge in [0.25, 0.3) is 0 Å². The van der Waals surface area contributed by atoms with Crippen molar-refractivity contribution in [2.75, 3.05) is 18.5 Å². The van der Waals surface area contributed by atoms with E-state index in [1.54, 1.807) is 0 Å². The topological polar surface area (TPSA) is 75.3 Å². The van der Waals surface area contributed by atoms with Crippen LogP contribution in [0.3, 0.4) is 0 Å². The Morgan fingerprint density at radius 2 is 2.00 bits per heavy atom. The summed E-state index contributed by atoms with van der Waals surface area (Å²) in [7, 11) is 1.99. The second kappa shape index (κ2) is 6.66. The normalized spacial score (nSPS) is 21.0. The summed E-state index contributed by atoms with van der Waals surface area (Å²) in [5.74, 6) is 1.26. The number of rotatable bonds is 6. The van der Waals surface area contributed by atoms with E-state index < -0.39 is 0 Å². The molecule has 0 aliphatic heterocycles. The first-order chi connectivity index (χ1) is 9.97. The number of aromatic nitrogens is 2. The lowest BCUT2D eigenvalue weighted by Crippen LogP contribution is -2.38. The van der Waals surface area contributed by atoms with Crippen molar-refractivity contribution >= 4 is 23.0 Å². The number of aryl methyl sites for hydroxylation is 1. The Bertz CT molecular complexity index is 529. The third-order valence-corrected chi connectivity index (χ3v) is 4.38. The lowest BCUT2D eigenvalue weighted by molar-refractivity contribution is 0.0464. The molecule has 1 aliphatic rings.